The molecule has 2 aromatic carbocycles. The minimum absolute atomic E-state index is 0.0428. The third kappa shape index (κ3) is 4.88. The largest absolute Gasteiger partial charge is 0.325 e. The van der Waals surface area contributed by atoms with E-state index in [2.05, 4.69) is 17.4 Å². The van der Waals surface area contributed by atoms with Gasteiger partial charge in [-0.05, 0) is 37.2 Å². The van der Waals surface area contributed by atoms with Crippen molar-refractivity contribution in [1.29, 1.82) is 0 Å². The lowest BCUT2D eigenvalue weighted by Crippen LogP contribution is -2.30. The highest BCUT2D eigenvalue weighted by Crippen LogP contribution is 2.20. The number of aryl methyl sites for hydroxylation is 1. The van der Waals surface area contributed by atoms with Crippen LogP contribution in [0.5, 0.6) is 0 Å². The molecule has 0 aliphatic rings. The van der Waals surface area contributed by atoms with Crippen LogP contribution in [0.4, 0.5) is 5.69 Å². The SMILES string of the molecule is Cc1ccc(Cl)cc1NC(=O)CN(C)Cc1ccccc1. The number of hydrogen-bond acceptors (Lipinski definition) is 2. The van der Waals surface area contributed by atoms with Gasteiger partial charge in [-0.3, -0.25) is 9.69 Å². The van der Waals surface area contributed by atoms with Crippen molar-refractivity contribution in [3.63, 3.8) is 0 Å². The van der Waals surface area contributed by atoms with E-state index in [-0.39, 0.29) is 5.91 Å². The number of halogens is 1. The number of benzene rings is 2. The van der Waals surface area contributed by atoms with E-state index in [0.717, 1.165) is 17.8 Å². The molecule has 4 heteroatoms. The van der Waals surface area contributed by atoms with Crippen LogP contribution in [0.1, 0.15) is 11.1 Å². The predicted octanol–water partition coefficient (Wildman–Crippen LogP) is 3.72. The fourth-order valence-electron chi connectivity index (χ4n) is 2.11. The van der Waals surface area contributed by atoms with E-state index in [1.165, 1.54) is 5.56 Å². The van der Waals surface area contributed by atoms with E-state index in [1.54, 1.807) is 6.07 Å². The van der Waals surface area contributed by atoms with Gasteiger partial charge in [-0.2, -0.15) is 0 Å². The maximum atomic E-state index is 12.1. The van der Waals surface area contributed by atoms with Gasteiger partial charge in [0.15, 0.2) is 0 Å². The van der Waals surface area contributed by atoms with Crippen LogP contribution in [0, 0.1) is 6.92 Å². The lowest BCUT2D eigenvalue weighted by atomic mass is 10.2. The van der Waals surface area contributed by atoms with Crippen molar-refractivity contribution in [1.82, 2.24) is 4.90 Å². The number of carbonyl (C=O) groups is 1. The average Bonchev–Trinajstić information content (AvgIpc) is 2.43. The van der Waals surface area contributed by atoms with Crippen LogP contribution in [0.3, 0.4) is 0 Å². The molecule has 110 valence electrons. The highest BCUT2D eigenvalue weighted by atomic mass is 35.5. The van der Waals surface area contributed by atoms with Crippen LogP contribution in [0.15, 0.2) is 48.5 Å². The smallest absolute Gasteiger partial charge is 0.238 e. The summed E-state index contributed by atoms with van der Waals surface area (Å²) in [5.74, 6) is -0.0428. The summed E-state index contributed by atoms with van der Waals surface area (Å²) >= 11 is 5.95. The Morgan fingerprint density at radius 2 is 1.90 bits per heavy atom. The second-order valence-corrected chi connectivity index (χ2v) is 5.60. The Hall–Kier alpha value is -1.84. The van der Waals surface area contributed by atoms with E-state index >= 15 is 0 Å². The maximum Gasteiger partial charge on any atom is 0.238 e. The summed E-state index contributed by atoms with van der Waals surface area (Å²) in [5.41, 5.74) is 2.95. The monoisotopic (exact) mass is 302 g/mol. The molecule has 21 heavy (non-hydrogen) atoms. The van der Waals surface area contributed by atoms with Gasteiger partial charge in [0.05, 0.1) is 6.54 Å². The molecule has 0 bridgehead atoms. The molecule has 0 aliphatic heterocycles. The topological polar surface area (TPSA) is 32.3 Å². The molecule has 0 saturated carbocycles. The zero-order chi connectivity index (χ0) is 15.2. The second kappa shape index (κ2) is 7.25. The Kier molecular flexibility index (Phi) is 5.37. The van der Waals surface area contributed by atoms with E-state index in [9.17, 15) is 4.79 Å². The summed E-state index contributed by atoms with van der Waals surface area (Å²) in [4.78, 5) is 14.1. The van der Waals surface area contributed by atoms with Crippen LogP contribution >= 0.6 is 11.6 Å². The molecular formula is C17H19ClN2O. The first-order valence-corrected chi connectivity index (χ1v) is 7.21. The normalized spacial score (nSPS) is 10.7. The molecule has 0 aliphatic carbocycles. The van der Waals surface area contributed by atoms with Crippen molar-refractivity contribution in [3.8, 4) is 0 Å². The van der Waals surface area contributed by atoms with E-state index in [1.807, 2.05) is 49.2 Å². The molecule has 0 fully saturated rings. The Labute approximate surface area is 130 Å². The molecule has 2 aromatic rings. The quantitative estimate of drug-likeness (QED) is 0.913. The second-order valence-electron chi connectivity index (χ2n) is 5.17. The summed E-state index contributed by atoms with van der Waals surface area (Å²) in [7, 11) is 1.93. The fraction of sp³-hybridized carbons (Fsp3) is 0.235. The Morgan fingerprint density at radius 1 is 1.19 bits per heavy atom. The molecule has 0 unspecified atom stereocenters. The van der Waals surface area contributed by atoms with E-state index in [0.29, 0.717) is 11.6 Å². The molecule has 2 rings (SSSR count). The van der Waals surface area contributed by atoms with Crippen molar-refractivity contribution >= 4 is 23.2 Å². The van der Waals surface area contributed by atoms with Gasteiger partial charge in [-0.15, -0.1) is 0 Å². The molecule has 0 spiro atoms. The summed E-state index contributed by atoms with van der Waals surface area (Å²) in [6.45, 7) is 3.02. The van der Waals surface area contributed by atoms with Gasteiger partial charge in [0, 0.05) is 17.3 Å². The number of nitrogens with one attached hydrogen (secondary N) is 1. The summed E-state index contributed by atoms with van der Waals surface area (Å²) in [5, 5.41) is 3.52. The minimum Gasteiger partial charge on any atom is -0.325 e. The average molecular weight is 303 g/mol. The first-order valence-electron chi connectivity index (χ1n) is 6.83. The van der Waals surface area contributed by atoms with Crippen molar-refractivity contribution in [3.05, 3.63) is 64.7 Å². The highest BCUT2D eigenvalue weighted by Gasteiger charge is 2.09. The summed E-state index contributed by atoms with van der Waals surface area (Å²) < 4.78 is 0. The minimum atomic E-state index is -0.0428. The lowest BCUT2D eigenvalue weighted by molar-refractivity contribution is -0.117. The van der Waals surface area contributed by atoms with Gasteiger partial charge in [0.2, 0.25) is 5.91 Å². The van der Waals surface area contributed by atoms with Crippen molar-refractivity contribution in [2.45, 2.75) is 13.5 Å². The van der Waals surface area contributed by atoms with Crippen LogP contribution in [0.2, 0.25) is 5.02 Å². The first-order chi connectivity index (χ1) is 10.0. The van der Waals surface area contributed by atoms with Gasteiger partial charge >= 0.3 is 0 Å². The molecule has 0 heterocycles. The number of hydrogen-bond donors (Lipinski definition) is 1. The van der Waals surface area contributed by atoms with Crippen LogP contribution < -0.4 is 5.32 Å². The Morgan fingerprint density at radius 3 is 2.62 bits per heavy atom. The number of amides is 1. The molecule has 1 N–H and O–H groups in total. The number of anilines is 1. The Bertz CT molecular complexity index is 613. The van der Waals surface area contributed by atoms with Crippen molar-refractivity contribution in [2.75, 3.05) is 18.9 Å². The summed E-state index contributed by atoms with van der Waals surface area (Å²) in [6.07, 6.45) is 0. The van der Waals surface area contributed by atoms with Gasteiger partial charge < -0.3 is 5.32 Å². The zero-order valence-corrected chi connectivity index (χ0v) is 13.0. The van der Waals surface area contributed by atoms with Gasteiger partial charge in [0.25, 0.3) is 0 Å². The third-order valence-corrected chi connectivity index (χ3v) is 3.42. The number of nitrogens with zero attached hydrogens (tertiary/aromatic N) is 1. The van der Waals surface area contributed by atoms with Gasteiger partial charge in [0.1, 0.15) is 0 Å². The predicted molar refractivity (Wildman–Crippen MR) is 87.6 cm³/mol. The van der Waals surface area contributed by atoms with Gasteiger partial charge in [-0.25, -0.2) is 0 Å². The fourth-order valence-corrected chi connectivity index (χ4v) is 2.29. The Balaban J connectivity index is 1.91. The molecule has 3 nitrogen and oxygen atoms in total. The number of carbonyl (C=O) groups excluding carboxylic acids is 1. The maximum absolute atomic E-state index is 12.1. The van der Waals surface area contributed by atoms with Crippen molar-refractivity contribution < 1.29 is 4.79 Å². The van der Waals surface area contributed by atoms with Crippen LogP contribution in [0.25, 0.3) is 0 Å². The molecular weight excluding hydrogens is 284 g/mol. The molecule has 0 atom stereocenters. The molecule has 0 aromatic heterocycles. The molecule has 0 saturated heterocycles. The van der Waals surface area contributed by atoms with E-state index < -0.39 is 0 Å². The number of likely N-dealkylation sites (N-methyl/N-ethyl adjacent to an activating group) is 1. The first kappa shape index (κ1) is 15.5. The zero-order valence-electron chi connectivity index (χ0n) is 12.3. The number of rotatable bonds is 5. The lowest BCUT2D eigenvalue weighted by Gasteiger charge is -2.17. The van der Waals surface area contributed by atoms with Crippen LogP contribution in [-0.2, 0) is 11.3 Å². The summed E-state index contributed by atoms with van der Waals surface area (Å²) in [6, 6.07) is 15.6. The molecule has 1 amide bonds. The van der Waals surface area contributed by atoms with Crippen LogP contribution in [-0.4, -0.2) is 24.4 Å². The van der Waals surface area contributed by atoms with Gasteiger partial charge in [-0.1, -0.05) is 48.0 Å². The third-order valence-electron chi connectivity index (χ3n) is 3.18. The van der Waals surface area contributed by atoms with E-state index in [4.69, 9.17) is 11.6 Å². The highest BCUT2D eigenvalue weighted by molar-refractivity contribution is 6.31. The standard InChI is InChI=1S/C17H19ClN2O/c1-13-8-9-15(18)10-16(13)19-17(21)12-20(2)11-14-6-4-3-5-7-14/h3-10H,11-12H2,1-2H3,(H,19,21). The molecule has 0 radical (unpaired) electrons. The van der Waals surface area contributed by atoms with Crippen molar-refractivity contribution in [2.24, 2.45) is 0 Å².